The SMILES string of the molecule is Cl.Cl.OCc1ncc2n1CCNC2. The van der Waals surface area contributed by atoms with Crippen LogP contribution < -0.4 is 5.32 Å². The molecule has 76 valence electrons. The first kappa shape index (κ1) is 12.7. The Labute approximate surface area is 89.2 Å². The van der Waals surface area contributed by atoms with Crippen molar-refractivity contribution in [2.45, 2.75) is 19.7 Å². The van der Waals surface area contributed by atoms with Gasteiger partial charge in [0.05, 0.1) is 5.69 Å². The molecule has 0 bridgehead atoms. The number of nitrogens with zero attached hydrogens (tertiary/aromatic N) is 2. The lowest BCUT2D eigenvalue weighted by molar-refractivity contribution is 0.262. The highest BCUT2D eigenvalue weighted by atomic mass is 35.5. The number of hydrogen-bond acceptors (Lipinski definition) is 3. The highest BCUT2D eigenvalue weighted by Crippen LogP contribution is 2.07. The Morgan fingerprint density at radius 2 is 2.31 bits per heavy atom. The van der Waals surface area contributed by atoms with E-state index in [1.807, 2.05) is 6.20 Å². The molecule has 6 heteroatoms. The van der Waals surface area contributed by atoms with Crippen LogP contribution in [0.25, 0.3) is 0 Å². The van der Waals surface area contributed by atoms with Crippen LogP contribution in [0.1, 0.15) is 11.5 Å². The second kappa shape index (κ2) is 5.44. The van der Waals surface area contributed by atoms with Crippen LogP contribution in [0.5, 0.6) is 0 Å². The van der Waals surface area contributed by atoms with E-state index in [4.69, 9.17) is 5.11 Å². The number of aliphatic hydroxyl groups excluding tert-OH is 1. The van der Waals surface area contributed by atoms with Gasteiger partial charge in [-0.15, -0.1) is 24.8 Å². The van der Waals surface area contributed by atoms with Crippen molar-refractivity contribution in [2.24, 2.45) is 0 Å². The fraction of sp³-hybridized carbons (Fsp3) is 0.571. The van der Waals surface area contributed by atoms with Crippen LogP contribution >= 0.6 is 24.8 Å². The van der Waals surface area contributed by atoms with E-state index < -0.39 is 0 Å². The van der Waals surface area contributed by atoms with E-state index in [0.29, 0.717) is 0 Å². The van der Waals surface area contributed by atoms with Crippen LogP contribution in [0.15, 0.2) is 6.20 Å². The van der Waals surface area contributed by atoms with Gasteiger partial charge in [0.25, 0.3) is 0 Å². The lowest BCUT2D eigenvalue weighted by atomic mass is 10.3. The molecule has 2 heterocycles. The summed E-state index contributed by atoms with van der Waals surface area (Å²) in [5.41, 5.74) is 1.17. The minimum atomic E-state index is 0. The summed E-state index contributed by atoms with van der Waals surface area (Å²) in [6.07, 6.45) is 1.82. The van der Waals surface area contributed by atoms with Gasteiger partial charge in [0.1, 0.15) is 12.4 Å². The minimum Gasteiger partial charge on any atom is -0.388 e. The Hall–Kier alpha value is -0.290. The number of fused-ring (bicyclic) bond motifs is 1. The largest absolute Gasteiger partial charge is 0.388 e. The van der Waals surface area contributed by atoms with Crippen LogP contribution in [0.2, 0.25) is 0 Å². The van der Waals surface area contributed by atoms with Gasteiger partial charge < -0.3 is 15.0 Å². The topological polar surface area (TPSA) is 50.1 Å². The van der Waals surface area contributed by atoms with Crippen LogP contribution in [0, 0.1) is 0 Å². The molecule has 2 N–H and O–H groups in total. The monoisotopic (exact) mass is 225 g/mol. The Morgan fingerprint density at radius 1 is 1.54 bits per heavy atom. The van der Waals surface area contributed by atoms with E-state index in [9.17, 15) is 0 Å². The number of imidazole rings is 1. The predicted octanol–water partition coefficient (Wildman–Crippen LogP) is 0.322. The first-order valence-electron chi connectivity index (χ1n) is 3.76. The number of aliphatic hydroxyl groups is 1. The number of nitrogens with one attached hydrogen (secondary N) is 1. The first-order chi connectivity index (χ1) is 5.42. The van der Waals surface area contributed by atoms with Gasteiger partial charge >= 0.3 is 0 Å². The van der Waals surface area contributed by atoms with Crippen molar-refractivity contribution >= 4 is 24.8 Å². The summed E-state index contributed by atoms with van der Waals surface area (Å²) in [6, 6.07) is 0. The molecule has 1 aromatic heterocycles. The zero-order valence-corrected chi connectivity index (χ0v) is 8.70. The zero-order chi connectivity index (χ0) is 7.68. The van der Waals surface area contributed by atoms with Gasteiger partial charge in [-0.25, -0.2) is 4.98 Å². The van der Waals surface area contributed by atoms with Gasteiger partial charge in [0.15, 0.2) is 0 Å². The lowest BCUT2D eigenvalue weighted by Gasteiger charge is -2.16. The molecule has 0 aromatic carbocycles. The third kappa shape index (κ3) is 2.34. The number of aromatic nitrogens is 2. The summed E-state index contributed by atoms with van der Waals surface area (Å²) in [7, 11) is 0. The molecule has 0 aliphatic carbocycles. The average molecular weight is 226 g/mol. The molecule has 0 spiro atoms. The molecule has 0 atom stereocenters. The first-order valence-corrected chi connectivity index (χ1v) is 3.76. The van der Waals surface area contributed by atoms with Gasteiger partial charge in [0.2, 0.25) is 0 Å². The smallest absolute Gasteiger partial charge is 0.134 e. The van der Waals surface area contributed by atoms with Gasteiger partial charge in [-0.1, -0.05) is 0 Å². The second-order valence-electron chi connectivity index (χ2n) is 2.65. The molecule has 1 aromatic rings. The molecule has 0 fully saturated rings. The fourth-order valence-corrected chi connectivity index (χ4v) is 1.40. The number of rotatable bonds is 1. The van der Waals surface area contributed by atoms with E-state index in [-0.39, 0.29) is 31.4 Å². The molecule has 1 aliphatic rings. The maximum absolute atomic E-state index is 8.88. The van der Waals surface area contributed by atoms with Gasteiger partial charge in [-0.3, -0.25) is 0 Å². The Morgan fingerprint density at radius 3 is 3.00 bits per heavy atom. The molecule has 0 amide bonds. The third-order valence-electron chi connectivity index (χ3n) is 1.98. The van der Waals surface area contributed by atoms with Gasteiger partial charge in [0, 0.05) is 25.8 Å². The fourth-order valence-electron chi connectivity index (χ4n) is 1.40. The Balaban J connectivity index is 0.000000720. The van der Waals surface area contributed by atoms with Crippen molar-refractivity contribution in [3.63, 3.8) is 0 Å². The quantitative estimate of drug-likeness (QED) is 0.725. The van der Waals surface area contributed by atoms with Crippen molar-refractivity contribution < 1.29 is 5.11 Å². The van der Waals surface area contributed by atoms with Crippen molar-refractivity contribution in [1.29, 1.82) is 0 Å². The minimum absolute atomic E-state index is 0. The van der Waals surface area contributed by atoms with Crippen LogP contribution in [-0.4, -0.2) is 21.2 Å². The average Bonchev–Trinajstić information content (AvgIpc) is 2.47. The summed E-state index contributed by atoms with van der Waals surface area (Å²) < 4.78 is 2.07. The van der Waals surface area contributed by atoms with Crippen LogP contribution in [-0.2, 0) is 19.7 Å². The highest BCUT2D eigenvalue weighted by Gasteiger charge is 2.11. The van der Waals surface area contributed by atoms with E-state index >= 15 is 0 Å². The lowest BCUT2D eigenvalue weighted by Crippen LogP contribution is -2.28. The molecular formula is C7H13Cl2N3O. The van der Waals surface area contributed by atoms with Crippen molar-refractivity contribution in [3.8, 4) is 0 Å². The summed E-state index contributed by atoms with van der Waals surface area (Å²) in [6.45, 7) is 2.80. The zero-order valence-electron chi connectivity index (χ0n) is 7.06. The van der Waals surface area contributed by atoms with Crippen LogP contribution in [0.3, 0.4) is 0 Å². The molecule has 1 aliphatic heterocycles. The Kier molecular flexibility index (Phi) is 5.32. The van der Waals surface area contributed by atoms with E-state index in [2.05, 4.69) is 14.9 Å². The molecule has 4 nitrogen and oxygen atoms in total. The van der Waals surface area contributed by atoms with Crippen molar-refractivity contribution in [3.05, 3.63) is 17.7 Å². The molecule has 0 saturated carbocycles. The van der Waals surface area contributed by atoms with E-state index in [1.165, 1.54) is 5.69 Å². The Bertz CT molecular complexity index is 251. The number of hydrogen-bond donors (Lipinski definition) is 2. The molecule has 0 radical (unpaired) electrons. The molecule has 0 saturated heterocycles. The second-order valence-corrected chi connectivity index (χ2v) is 2.65. The summed E-state index contributed by atoms with van der Waals surface area (Å²) >= 11 is 0. The summed E-state index contributed by atoms with van der Waals surface area (Å²) in [5.74, 6) is 0.779. The maximum Gasteiger partial charge on any atom is 0.134 e. The number of halogens is 2. The van der Waals surface area contributed by atoms with Crippen molar-refractivity contribution in [1.82, 2.24) is 14.9 Å². The summed E-state index contributed by atoms with van der Waals surface area (Å²) in [4.78, 5) is 4.09. The van der Waals surface area contributed by atoms with Crippen LogP contribution in [0.4, 0.5) is 0 Å². The van der Waals surface area contributed by atoms with E-state index in [0.717, 1.165) is 25.5 Å². The molecular weight excluding hydrogens is 213 g/mol. The highest BCUT2D eigenvalue weighted by molar-refractivity contribution is 5.85. The third-order valence-corrected chi connectivity index (χ3v) is 1.98. The molecule has 2 rings (SSSR count). The predicted molar refractivity (Wildman–Crippen MR) is 54.4 cm³/mol. The van der Waals surface area contributed by atoms with Gasteiger partial charge in [-0.05, 0) is 0 Å². The van der Waals surface area contributed by atoms with Crippen molar-refractivity contribution in [2.75, 3.05) is 6.54 Å². The normalized spacial score (nSPS) is 13.9. The maximum atomic E-state index is 8.88. The van der Waals surface area contributed by atoms with E-state index in [1.54, 1.807) is 0 Å². The molecule has 0 unspecified atom stereocenters. The summed E-state index contributed by atoms with van der Waals surface area (Å²) in [5, 5.41) is 12.1. The van der Waals surface area contributed by atoms with Gasteiger partial charge in [-0.2, -0.15) is 0 Å². The molecule has 13 heavy (non-hydrogen) atoms. The standard InChI is InChI=1S/C7H11N3O.2ClH/c11-5-7-9-4-6-3-8-1-2-10(6)7;;/h4,8,11H,1-3,5H2;2*1H.